The Kier molecular flexibility index (Phi) is 13.8. The Bertz CT molecular complexity index is 2220. The van der Waals surface area contributed by atoms with Crippen LogP contribution < -0.4 is 10.6 Å². The zero-order chi connectivity index (χ0) is 41.4. The highest BCUT2D eigenvalue weighted by molar-refractivity contribution is 6.30. The molecule has 316 valence electrons. The van der Waals surface area contributed by atoms with Crippen molar-refractivity contribution in [2.75, 3.05) is 51.3 Å². The summed E-state index contributed by atoms with van der Waals surface area (Å²) >= 11 is 6.10. The van der Waals surface area contributed by atoms with E-state index in [2.05, 4.69) is 72.6 Å². The molecule has 3 aliphatic rings. The highest BCUT2D eigenvalue weighted by atomic mass is 35.5. The van der Waals surface area contributed by atoms with Gasteiger partial charge in [-0.25, -0.2) is 9.37 Å². The minimum atomic E-state index is -0.434. The lowest BCUT2D eigenvalue weighted by atomic mass is 9.90. The van der Waals surface area contributed by atoms with E-state index in [1.54, 1.807) is 6.07 Å². The van der Waals surface area contributed by atoms with Crippen LogP contribution in [0.2, 0.25) is 5.02 Å². The molecule has 11 nitrogen and oxygen atoms in total. The Morgan fingerprint density at radius 1 is 0.867 bits per heavy atom. The minimum Gasteiger partial charge on any atom is -0.393 e. The van der Waals surface area contributed by atoms with Gasteiger partial charge >= 0.3 is 0 Å². The highest BCUT2D eigenvalue weighted by Crippen LogP contribution is 2.37. The maximum Gasteiger partial charge on any atom is 0.234 e. The molecule has 8 rings (SSSR count). The molecule has 13 heteroatoms. The molecule has 1 saturated carbocycles. The van der Waals surface area contributed by atoms with Crippen LogP contribution in [0.1, 0.15) is 86.4 Å². The second kappa shape index (κ2) is 19.8. The van der Waals surface area contributed by atoms with Crippen molar-refractivity contribution in [3.05, 3.63) is 107 Å². The molecule has 3 N–H and O–H groups in total. The van der Waals surface area contributed by atoms with Crippen molar-refractivity contribution in [3.8, 4) is 11.1 Å². The Balaban J connectivity index is 0.767. The summed E-state index contributed by atoms with van der Waals surface area (Å²) in [6.07, 6.45) is 12.1. The highest BCUT2D eigenvalue weighted by Gasteiger charge is 2.28. The van der Waals surface area contributed by atoms with Crippen LogP contribution in [0, 0.1) is 5.82 Å². The van der Waals surface area contributed by atoms with E-state index in [-0.39, 0.29) is 29.9 Å². The molecule has 3 fully saturated rings. The number of aliphatic hydroxyl groups excluding tert-OH is 1. The molecule has 2 saturated heterocycles. The SMILES string of the molecule is O=C1CCC(c2ccc(CCCOCCCCN3CCN(Cc4ccc(-c5cn(C6CCC(O)CC6)c6nc(Nc7cc(F)cc(Cl)c7)ncc56)cc4)CC3)cc2)C(=O)N1. The predicted molar refractivity (Wildman–Crippen MR) is 233 cm³/mol. The fourth-order valence-electron chi connectivity index (χ4n) is 8.86. The number of unbranched alkanes of at least 4 members (excludes halogenated alkanes) is 1. The molecule has 1 unspecified atom stereocenters. The summed E-state index contributed by atoms with van der Waals surface area (Å²) in [5.41, 5.74) is 6.96. The minimum absolute atomic E-state index is 0.182. The van der Waals surface area contributed by atoms with Crippen LogP contribution in [0.25, 0.3) is 22.2 Å². The number of hydrogen-bond donors (Lipinski definition) is 3. The van der Waals surface area contributed by atoms with Gasteiger partial charge in [0, 0.05) is 92.5 Å². The monoisotopic (exact) mass is 835 g/mol. The lowest BCUT2D eigenvalue weighted by Gasteiger charge is -2.34. The second-order valence-corrected chi connectivity index (χ2v) is 17.0. The maximum atomic E-state index is 14.1. The maximum absolute atomic E-state index is 14.1. The van der Waals surface area contributed by atoms with E-state index >= 15 is 0 Å². The van der Waals surface area contributed by atoms with Crippen molar-refractivity contribution >= 4 is 46.1 Å². The quantitative estimate of drug-likeness (QED) is 0.0667. The standard InChI is InChI=1S/C47H55ClFN7O4/c48-36-26-37(49)28-38(27-36)51-47-50-29-42-43(31-56(45(42)53-47)39-13-15-40(57)16-14-39)35-11-7-33(8-12-35)30-55-22-20-54(21-23-55)19-1-2-24-60-25-3-4-32-5-9-34(10-6-32)41-17-18-44(58)52-46(41)59/h5-12,26-29,31,39-41,57H,1-4,13-25,30H2,(H,50,51,53)(H,52,58,59). The van der Waals surface area contributed by atoms with E-state index < -0.39 is 5.82 Å². The van der Waals surface area contributed by atoms with E-state index in [0.717, 1.165) is 132 Å². The number of piperazine rings is 1. The van der Waals surface area contributed by atoms with Crippen molar-refractivity contribution in [1.82, 2.24) is 29.7 Å². The van der Waals surface area contributed by atoms with Crippen LogP contribution in [0.5, 0.6) is 0 Å². The first-order valence-electron chi connectivity index (χ1n) is 21.6. The molecule has 2 aliphatic heterocycles. The molecule has 60 heavy (non-hydrogen) atoms. The van der Waals surface area contributed by atoms with Gasteiger partial charge in [0.15, 0.2) is 0 Å². The van der Waals surface area contributed by atoms with E-state index in [1.165, 1.54) is 23.3 Å². The molecule has 0 radical (unpaired) electrons. The van der Waals surface area contributed by atoms with Gasteiger partial charge in [0.05, 0.1) is 12.0 Å². The molecule has 2 amide bonds. The number of carbonyl (C=O) groups is 2. The molecule has 4 heterocycles. The van der Waals surface area contributed by atoms with E-state index in [4.69, 9.17) is 21.3 Å². The van der Waals surface area contributed by atoms with Gasteiger partial charge in [-0.05, 0) is 105 Å². The molecule has 0 bridgehead atoms. The van der Waals surface area contributed by atoms with Crippen LogP contribution in [0.15, 0.2) is 79.1 Å². The number of piperidine rings is 1. The third-order valence-electron chi connectivity index (χ3n) is 12.3. The number of aliphatic hydroxyl groups is 1. The second-order valence-electron chi connectivity index (χ2n) is 16.6. The third kappa shape index (κ3) is 10.8. The number of imide groups is 1. The molecule has 3 aromatic carbocycles. The number of amides is 2. The van der Waals surface area contributed by atoms with Crippen LogP contribution in [-0.2, 0) is 27.3 Å². The van der Waals surface area contributed by atoms with Crippen LogP contribution in [0.3, 0.4) is 0 Å². The van der Waals surface area contributed by atoms with Crippen molar-refractivity contribution < 1.29 is 23.8 Å². The number of ether oxygens (including phenoxy) is 1. The number of nitrogens with zero attached hydrogens (tertiary/aromatic N) is 5. The summed E-state index contributed by atoms with van der Waals surface area (Å²) < 4.78 is 22.2. The number of aromatic nitrogens is 3. The summed E-state index contributed by atoms with van der Waals surface area (Å²) in [4.78, 5) is 38.2. The van der Waals surface area contributed by atoms with Crippen LogP contribution >= 0.6 is 11.6 Å². The average Bonchev–Trinajstić information content (AvgIpc) is 3.62. The first-order chi connectivity index (χ1) is 29.2. The number of fused-ring (bicyclic) bond motifs is 1. The topological polar surface area (TPSA) is 125 Å². The molecule has 1 aliphatic carbocycles. The van der Waals surface area contributed by atoms with E-state index in [0.29, 0.717) is 29.5 Å². The lowest BCUT2D eigenvalue weighted by Crippen LogP contribution is -2.46. The normalized spacial score (nSPS) is 20.4. The summed E-state index contributed by atoms with van der Waals surface area (Å²) in [7, 11) is 0. The summed E-state index contributed by atoms with van der Waals surface area (Å²) in [6.45, 7) is 7.78. The van der Waals surface area contributed by atoms with Gasteiger partial charge in [0.2, 0.25) is 17.8 Å². The number of nitrogens with one attached hydrogen (secondary N) is 2. The van der Waals surface area contributed by atoms with Crippen LogP contribution in [0.4, 0.5) is 16.0 Å². The fourth-order valence-corrected chi connectivity index (χ4v) is 9.08. The number of aryl methyl sites for hydroxylation is 1. The number of carbonyl (C=O) groups excluding carboxylic acids is 2. The molecule has 0 spiro atoms. The zero-order valence-corrected chi connectivity index (χ0v) is 34.9. The molecule has 1 atom stereocenters. The Morgan fingerprint density at radius 2 is 1.60 bits per heavy atom. The Hall–Kier alpha value is -4.72. The van der Waals surface area contributed by atoms with Crippen molar-refractivity contribution in [1.29, 1.82) is 0 Å². The van der Waals surface area contributed by atoms with Crippen LogP contribution in [-0.4, -0.2) is 93.3 Å². The number of anilines is 2. The van der Waals surface area contributed by atoms with E-state index in [1.807, 2.05) is 18.3 Å². The predicted octanol–water partition coefficient (Wildman–Crippen LogP) is 8.18. The van der Waals surface area contributed by atoms with Crippen molar-refractivity contribution in [2.45, 2.75) is 88.8 Å². The Labute approximate surface area is 356 Å². The van der Waals surface area contributed by atoms with E-state index in [9.17, 15) is 19.1 Å². The van der Waals surface area contributed by atoms with Gasteiger partial charge in [-0.2, -0.15) is 4.98 Å². The lowest BCUT2D eigenvalue weighted by molar-refractivity contribution is -0.134. The Morgan fingerprint density at radius 3 is 2.35 bits per heavy atom. The third-order valence-corrected chi connectivity index (χ3v) is 12.5. The molecule has 5 aromatic rings. The number of rotatable bonds is 16. The number of halogens is 2. The summed E-state index contributed by atoms with van der Waals surface area (Å²) in [6, 6.07) is 21.5. The largest absolute Gasteiger partial charge is 0.393 e. The van der Waals surface area contributed by atoms with Gasteiger partial charge in [0.1, 0.15) is 11.5 Å². The van der Waals surface area contributed by atoms with Gasteiger partial charge in [-0.15, -0.1) is 0 Å². The van der Waals surface area contributed by atoms with Gasteiger partial charge in [-0.1, -0.05) is 60.1 Å². The zero-order valence-electron chi connectivity index (χ0n) is 34.1. The van der Waals surface area contributed by atoms with Gasteiger partial charge < -0.3 is 24.6 Å². The van der Waals surface area contributed by atoms with Crippen molar-refractivity contribution in [3.63, 3.8) is 0 Å². The average molecular weight is 836 g/mol. The number of benzene rings is 3. The van der Waals surface area contributed by atoms with Gasteiger partial charge in [-0.3, -0.25) is 19.8 Å². The summed E-state index contributed by atoms with van der Waals surface area (Å²) in [5.74, 6) is -0.673. The number of hydrogen-bond acceptors (Lipinski definition) is 9. The fraction of sp³-hybridized carbons (Fsp3) is 0.447. The molecular weight excluding hydrogens is 781 g/mol. The summed E-state index contributed by atoms with van der Waals surface area (Å²) in [5, 5.41) is 17.0. The van der Waals surface area contributed by atoms with Gasteiger partial charge in [0.25, 0.3) is 0 Å². The first kappa shape index (κ1) is 42.0. The molecule has 2 aromatic heterocycles. The first-order valence-corrected chi connectivity index (χ1v) is 21.9. The smallest absolute Gasteiger partial charge is 0.234 e. The van der Waals surface area contributed by atoms with Crippen molar-refractivity contribution in [2.24, 2.45) is 0 Å². The molecular formula is C47H55ClFN7O4.